The second-order valence-electron chi connectivity index (χ2n) is 4.23. The van der Waals surface area contributed by atoms with Gasteiger partial charge >= 0.3 is 0 Å². The van der Waals surface area contributed by atoms with Crippen molar-refractivity contribution >= 4 is 11.9 Å². The number of aliphatic hydroxyl groups excluding tert-OH is 1. The number of nitrogens with one attached hydrogen (secondary N) is 1. The molecule has 2 rings (SSSR count). The number of hydrogen-bond donors (Lipinski definition) is 2. The maximum absolute atomic E-state index is 11.4. The van der Waals surface area contributed by atoms with Gasteiger partial charge in [0.15, 0.2) is 0 Å². The first-order valence-corrected chi connectivity index (χ1v) is 5.93. The largest absolute Gasteiger partial charge is 0.393 e. The molecule has 7 nitrogen and oxygen atoms in total. The van der Waals surface area contributed by atoms with Crippen LogP contribution in [0.15, 0.2) is 30.3 Å². The fourth-order valence-corrected chi connectivity index (χ4v) is 1.55. The summed E-state index contributed by atoms with van der Waals surface area (Å²) in [4.78, 5) is 12.8. The van der Waals surface area contributed by atoms with Crippen LogP contribution in [0.2, 0.25) is 0 Å². The van der Waals surface area contributed by atoms with Crippen LogP contribution >= 0.6 is 0 Å². The number of hydrogen-bond acceptors (Lipinski definition) is 5. The second kappa shape index (κ2) is 6.05. The molecule has 0 aliphatic heterocycles. The molecule has 2 aromatic rings. The molecule has 0 radical (unpaired) electrons. The van der Waals surface area contributed by atoms with Crippen LogP contribution in [0.1, 0.15) is 18.9 Å². The quantitative estimate of drug-likeness (QED) is 0.814. The molecule has 0 fully saturated rings. The van der Waals surface area contributed by atoms with Gasteiger partial charge in [-0.1, -0.05) is 35.4 Å². The molecule has 0 aliphatic carbocycles. The zero-order chi connectivity index (χ0) is 13.7. The monoisotopic (exact) mass is 261 g/mol. The summed E-state index contributed by atoms with van der Waals surface area (Å²) in [5, 5.41) is 23.2. The lowest BCUT2D eigenvalue weighted by Gasteiger charge is -2.02. The van der Waals surface area contributed by atoms with Crippen LogP contribution in [0.3, 0.4) is 0 Å². The number of carbonyl (C=O) groups excluding carboxylic acids is 1. The highest BCUT2D eigenvalue weighted by Gasteiger charge is 2.10. The Morgan fingerprint density at radius 1 is 1.42 bits per heavy atom. The first-order chi connectivity index (χ1) is 9.13. The molecular formula is C12H15N5O2. The highest BCUT2D eigenvalue weighted by atomic mass is 16.3. The number of carbonyl (C=O) groups is 1. The van der Waals surface area contributed by atoms with Crippen molar-refractivity contribution < 1.29 is 9.90 Å². The van der Waals surface area contributed by atoms with E-state index in [1.165, 1.54) is 4.80 Å². The fraction of sp³-hybridized carbons (Fsp3) is 0.333. The molecule has 1 amide bonds. The zero-order valence-electron chi connectivity index (χ0n) is 10.5. The molecule has 19 heavy (non-hydrogen) atoms. The summed E-state index contributed by atoms with van der Waals surface area (Å²) < 4.78 is 0. The van der Waals surface area contributed by atoms with Crippen molar-refractivity contribution in [2.24, 2.45) is 0 Å². The normalized spacial score (nSPS) is 12.1. The Kier molecular flexibility index (Phi) is 4.19. The van der Waals surface area contributed by atoms with Crippen molar-refractivity contribution in [3.05, 3.63) is 35.9 Å². The average Bonchev–Trinajstić information content (AvgIpc) is 2.76. The van der Waals surface area contributed by atoms with Crippen molar-refractivity contribution in [2.75, 3.05) is 5.32 Å². The van der Waals surface area contributed by atoms with Crippen LogP contribution in [0.4, 0.5) is 5.95 Å². The Labute approximate surface area is 110 Å². The summed E-state index contributed by atoms with van der Waals surface area (Å²) >= 11 is 0. The number of aromatic nitrogens is 4. The Balaban J connectivity index is 1.94. The SMILES string of the molecule is CC(O)CC(=O)Nc1nnn(Cc2ccccc2)n1. The fourth-order valence-electron chi connectivity index (χ4n) is 1.55. The molecule has 100 valence electrons. The number of amides is 1. The van der Waals surface area contributed by atoms with Crippen molar-refractivity contribution in [2.45, 2.75) is 26.0 Å². The predicted octanol–water partition coefficient (Wildman–Crippen LogP) is 0.431. The molecular weight excluding hydrogens is 246 g/mol. The molecule has 1 unspecified atom stereocenters. The number of anilines is 1. The van der Waals surface area contributed by atoms with Crippen LogP contribution in [0, 0.1) is 0 Å². The van der Waals surface area contributed by atoms with E-state index in [-0.39, 0.29) is 18.3 Å². The number of nitrogens with zero attached hydrogens (tertiary/aromatic N) is 4. The predicted molar refractivity (Wildman–Crippen MR) is 68.3 cm³/mol. The molecule has 1 atom stereocenters. The summed E-state index contributed by atoms with van der Waals surface area (Å²) in [5.41, 5.74) is 1.04. The van der Waals surface area contributed by atoms with Gasteiger partial charge in [-0.2, -0.15) is 4.80 Å². The van der Waals surface area contributed by atoms with E-state index in [4.69, 9.17) is 5.11 Å². The molecule has 1 aromatic carbocycles. The molecule has 1 aromatic heterocycles. The maximum Gasteiger partial charge on any atom is 0.270 e. The standard InChI is InChI=1S/C12H15N5O2/c1-9(18)7-11(19)13-12-14-16-17(15-12)8-10-5-3-2-4-6-10/h2-6,9,18H,7-8H2,1H3,(H,13,15,19). The van der Waals surface area contributed by atoms with Gasteiger partial charge in [-0.15, -0.1) is 5.10 Å². The minimum Gasteiger partial charge on any atom is -0.393 e. The van der Waals surface area contributed by atoms with Crippen LogP contribution < -0.4 is 5.32 Å². The first kappa shape index (κ1) is 13.2. The minimum absolute atomic E-state index is 0.00717. The lowest BCUT2D eigenvalue weighted by molar-refractivity contribution is -0.117. The summed E-state index contributed by atoms with van der Waals surface area (Å²) in [6, 6.07) is 9.69. The number of tetrazole rings is 1. The van der Waals surface area contributed by atoms with Gasteiger partial charge in [-0.3, -0.25) is 10.1 Å². The molecule has 1 heterocycles. The molecule has 0 aliphatic rings. The Bertz CT molecular complexity index is 538. The van der Waals surface area contributed by atoms with Crippen molar-refractivity contribution in [1.82, 2.24) is 20.2 Å². The number of aliphatic hydroxyl groups is 1. The average molecular weight is 261 g/mol. The smallest absolute Gasteiger partial charge is 0.270 e. The van der Waals surface area contributed by atoms with Gasteiger partial charge in [0.05, 0.1) is 19.1 Å². The van der Waals surface area contributed by atoms with Gasteiger partial charge < -0.3 is 5.11 Å². The van der Waals surface area contributed by atoms with E-state index < -0.39 is 6.10 Å². The highest BCUT2D eigenvalue weighted by molar-refractivity contribution is 5.89. The van der Waals surface area contributed by atoms with Gasteiger partial charge in [0.25, 0.3) is 5.95 Å². The summed E-state index contributed by atoms with van der Waals surface area (Å²) in [6.45, 7) is 2.03. The van der Waals surface area contributed by atoms with Gasteiger partial charge in [-0.05, 0) is 17.7 Å². The third kappa shape index (κ3) is 4.14. The van der Waals surface area contributed by atoms with E-state index in [1.54, 1.807) is 6.92 Å². The Morgan fingerprint density at radius 2 is 2.16 bits per heavy atom. The van der Waals surface area contributed by atoms with Crippen molar-refractivity contribution in [3.8, 4) is 0 Å². The summed E-state index contributed by atoms with van der Waals surface area (Å²) in [6.07, 6.45) is -0.688. The Hall–Kier alpha value is -2.28. The van der Waals surface area contributed by atoms with E-state index in [9.17, 15) is 4.79 Å². The third-order valence-corrected chi connectivity index (χ3v) is 2.35. The molecule has 0 saturated carbocycles. The van der Waals surface area contributed by atoms with Gasteiger partial charge in [0.1, 0.15) is 0 Å². The third-order valence-electron chi connectivity index (χ3n) is 2.35. The van der Waals surface area contributed by atoms with Crippen LogP contribution in [-0.2, 0) is 11.3 Å². The molecule has 2 N–H and O–H groups in total. The van der Waals surface area contributed by atoms with Crippen LogP contribution in [0.5, 0.6) is 0 Å². The van der Waals surface area contributed by atoms with Crippen molar-refractivity contribution in [1.29, 1.82) is 0 Å². The van der Waals surface area contributed by atoms with E-state index >= 15 is 0 Å². The second-order valence-corrected chi connectivity index (χ2v) is 4.23. The van der Waals surface area contributed by atoms with Crippen LogP contribution in [-0.4, -0.2) is 37.3 Å². The molecule has 0 saturated heterocycles. The maximum atomic E-state index is 11.4. The summed E-state index contributed by atoms with van der Waals surface area (Å²) in [7, 11) is 0. The first-order valence-electron chi connectivity index (χ1n) is 5.93. The zero-order valence-corrected chi connectivity index (χ0v) is 10.5. The molecule has 7 heteroatoms. The van der Waals surface area contributed by atoms with Crippen LogP contribution in [0.25, 0.3) is 0 Å². The highest BCUT2D eigenvalue weighted by Crippen LogP contribution is 2.02. The Morgan fingerprint density at radius 3 is 2.84 bits per heavy atom. The molecule has 0 spiro atoms. The topological polar surface area (TPSA) is 92.9 Å². The lowest BCUT2D eigenvalue weighted by atomic mass is 10.2. The van der Waals surface area contributed by atoms with Crippen molar-refractivity contribution in [3.63, 3.8) is 0 Å². The number of benzene rings is 1. The van der Waals surface area contributed by atoms with E-state index in [1.807, 2.05) is 30.3 Å². The van der Waals surface area contributed by atoms with Gasteiger partial charge in [0.2, 0.25) is 5.91 Å². The lowest BCUT2D eigenvalue weighted by Crippen LogP contribution is -2.18. The number of rotatable bonds is 5. The molecule has 0 bridgehead atoms. The van der Waals surface area contributed by atoms with Gasteiger partial charge in [0, 0.05) is 0 Å². The van der Waals surface area contributed by atoms with Gasteiger partial charge in [-0.25, -0.2) is 0 Å². The van der Waals surface area contributed by atoms with E-state index in [0.29, 0.717) is 6.54 Å². The summed E-state index contributed by atoms with van der Waals surface area (Å²) in [5.74, 6) is -0.198. The van der Waals surface area contributed by atoms with E-state index in [0.717, 1.165) is 5.56 Å². The van der Waals surface area contributed by atoms with E-state index in [2.05, 4.69) is 20.7 Å². The minimum atomic E-state index is -0.695.